The molecular formula is C29H32ClN3O4S. The lowest BCUT2D eigenvalue weighted by Gasteiger charge is -2.33. The van der Waals surface area contributed by atoms with E-state index >= 15 is 0 Å². The van der Waals surface area contributed by atoms with E-state index in [2.05, 4.69) is 16.8 Å². The summed E-state index contributed by atoms with van der Waals surface area (Å²) >= 11 is 7.13. The van der Waals surface area contributed by atoms with Crippen LogP contribution in [0.2, 0.25) is 0 Å². The van der Waals surface area contributed by atoms with E-state index in [4.69, 9.17) is 25.8 Å². The molecule has 2 aliphatic carbocycles. The molecule has 0 spiro atoms. The predicted octanol–water partition coefficient (Wildman–Crippen LogP) is 6.30. The average molecular weight is 554 g/mol. The zero-order valence-corrected chi connectivity index (χ0v) is 23.5. The molecule has 7 nitrogen and oxygen atoms in total. The SMILES string of the molecule is CCc1cc(OCC2=CC=C(c3ccccc3)C(Cl)(S(=O)(=O)Nc3noc(C)c3C)C2)c2c(n1)CCCC2. The molecule has 0 saturated carbocycles. The van der Waals surface area contributed by atoms with Crippen LogP contribution in [0, 0.1) is 13.8 Å². The fraction of sp³-hybridized carbons (Fsp3) is 0.379. The van der Waals surface area contributed by atoms with Crippen molar-refractivity contribution >= 4 is 33.0 Å². The molecule has 2 aromatic heterocycles. The van der Waals surface area contributed by atoms with Gasteiger partial charge in [-0.3, -0.25) is 9.71 Å². The summed E-state index contributed by atoms with van der Waals surface area (Å²) in [5, 5.41) is 3.89. The number of sulfonamides is 1. The highest BCUT2D eigenvalue weighted by Gasteiger charge is 2.48. The van der Waals surface area contributed by atoms with E-state index in [0.29, 0.717) is 16.9 Å². The maximum atomic E-state index is 13.9. The van der Waals surface area contributed by atoms with Crippen LogP contribution in [0.4, 0.5) is 5.82 Å². The summed E-state index contributed by atoms with van der Waals surface area (Å²) in [7, 11) is -4.17. The molecule has 0 bridgehead atoms. The minimum Gasteiger partial charge on any atom is -0.489 e. The van der Waals surface area contributed by atoms with Crippen molar-refractivity contribution < 1.29 is 17.7 Å². The molecule has 38 heavy (non-hydrogen) atoms. The van der Waals surface area contributed by atoms with E-state index in [1.165, 1.54) is 0 Å². The monoisotopic (exact) mass is 553 g/mol. The smallest absolute Gasteiger partial charge is 0.258 e. The zero-order chi connectivity index (χ0) is 26.9. The first-order valence-electron chi connectivity index (χ1n) is 13.0. The van der Waals surface area contributed by atoms with Crippen LogP contribution in [0.25, 0.3) is 5.57 Å². The molecule has 2 aliphatic rings. The van der Waals surface area contributed by atoms with Gasteiger partial charge in [-0.1, -0.05) is 66.2 Å². The first-order valence-corrected chi connectivity index (χ1v) is 14.8. The molecule has 2 heterocycles. The maximum absolute atomic E-state index is 13.9. The van der Waals surface area contributed by atoms with Gasteiger partial charge in [0.15, 0.2) is 10.0 Å². The van der Waals surface area contributed by atoms with Crippen LogP contribution in [0.1, 0.15) is 60.0 Å². The molecule has 3 aromatic rings. The lowest BCUT2D eigenvalue weighted by atomic mass is 9.92. The minimum atomic E-state index is -4.17. The summed E-state index contributed by atoms with van der Waals surface area (Å²) in [5.74, 6) is 1.51. The highest BCUT2D eigenvalue weighted by Crippen LogP contribution is 2.46. The number of allylic oxidation sites excluding steroid dienone is 2. The van der Waals surface area contributed by atoms with Crippen LogP contribution in [-0.4, -0.2) is 29.4 Å². The number of aryl methyl sites for hydroxylation is 3. The number of ether oxygens (including phenoxy) is 1. The number of rotatable bonds is 8. The van der Waals surface area contributed by atoms with Crippen LogP contribution in [-0.2, 0) is 29.3 Å². The van der Waals surface area contributed by atoms with Gasteiger partial charge in [0.2, 0.25) is 0 Å². The van der Waals surface area contributed by atoms with Crippen molar-refractivity contribution in [2.45, 2.75) is 63.5 Å². The second kappa shape index (κ2) is 10.6. The molecule has 0 radical (unpaired) electrons. The van der Waals surface area contributed by atoms with Crippen molar-refractivity contribution in [2.75, 3.05) is 11.3 Å². The second-order valence-electron chi connectivity index (χ2n) is 9.88. The van der Waals surface area contributed by atoms with Gasteiger partial charge in [-0.05, 0) is 62.7 Å². The summed E-state index contributed by atoms with van der Waals surface area (Å²) in [6.07, 6.45) is 8.71. The average Bonchev–Trinajstić information content (AvgIpc) is 3.23. The largest absolute Gasteiger partial charge is 0.489 e. The lowest BCUT2D eigenvalue weighted by molar-refractivity contribution is 0.339. The Morgan fingerprint density at radius 3 is 2.61 bits per heavy atom. The van der Waals surface area contributed by atoms with E-state index in [-0.39, 0.29) is 18.8 Å². The number of alkyl halides is 1. The fourth-order valence-electron chi connectivity index (χ4n) is 4.96. The Balaban J connectivity index is 1.47. The molecule has 9 heteroatoms. The Morgan fingerprint density at radius 1 is 1.13 bits per heavy atom. The predicted molar refractivity (Wildman–Crippen MR) is 150 cm³/mol. The van der Waals surface area contributed by atoms with Gasteiger partial charge in [-0.15, -0.1) is 0 Å². The fourth-order valence-corrected chi connectivity index (χ4v) is 6.88. The highest BCUT2D eigenvalue weighted by atomic mass is 35.5. The molecule has 1 N–H and O–H groups in total. The molecule has 0 aliphatic heterocycles. The number of benzene rings is 1. The number of hydrogen-bond acceptors (Lipinski definition) is 6. The van der Waals surface area contributed by atoms with Crippen LogP contribution >= 0.6 is 11.6 Å². The van der Waals surface area contributed by atoms with Crippen molar-refractivity contribution in [1.29, 1.82) is 0 Å². The van der Waals surface area contributed by atoms with Gasteiger partial charge in [0.1, 0.15) is 18.1 Å². The molecule has 1 unspecified atom stereocenters. The molecular weight excluding hydrogens is 522 g/mol. The quantitative estimate of drug-likeness (QED) is 0.329. The number of nitrogens with one attached hydrogen (secondary N) is 1. The van der Waals surface area contributed by atoms with Crippen LogP contribution < -0.4 is 9.46 Å². The number of nitrogens with zero attached hydrogens (tertiary/aromatic N) is 2. The molecule has 0 saturated heterocycles. The molecule has 1 aromatic carbocycles. The molecule has 0 amide bonds. The van der Waals surface area contributed by atoms with Gasteiger partial charge in [-0.2, -0.15) is 0 Å². The summed E-state index contributed by atoms with van der Waals surface area (Å²) in [6, 6.07) is 11.3. The van der Waals surface area contributed by atoms with E-state index in [1.54, 1.807) is 19.9 Å². The van der Waals surface area contributed by atoms with E-state index in [0.717, 1.165) is 65.9 Å². The third kappa shape index (κ3) is 4.99. The van der Waals surface area contributed by atoms with Crippen LogP contribution in [0.3, 0.4) is 0 Å². The van der Waals surface area contributed by atoms with Gasteiger partial charge in [0, 0.05) is 35.0 Å². The van der Waals surface area contributed by atoms with Crippen molar-refractivity contribution in [3.05, 3.63) is 88.0 Å². The van der Waals surface area contributed by atoms with Crippen molar-refractivity contribution in [3.8, 4) is 5.75 Å². The first-order chi connectivity index (χ1) is 18.2. The molecule has 1 atom stereocenters. The molecule has 5 rings (SSSR count). The van der Waals surface area contributed by atoms with E-state index < -0.39 is 14.2 Å². The number of hydrogen-bond donors (Lipinski definition) is 1. The summed E-state index contributed by atoms with van der Waals surface area (Å²) in [5.41, 5.74) is 5.89. The number of anilines is 1. The lowest BCUT2D eigenvalue weighted by Crippen LogP contribution is -2.41. The summed E-state index contributed by atoms with van der Waals surface area (Å²) < 4.78 is 40.1. The highest BCUT2D eigenvalue weighted by molar-refractivity contribution is 7.95. The topological polar surface area (TPSA) is 94.3 Å². The maximum Gasteiger partial charge on any atom is 0.258 e. The van der Waals surface area contributed by atoms with Gasteiger partial charge < -0.3 is 9.26 Å². The van der Waals surface area contributed by atoms with Gasteiger partial charge in [-0.25, -0.2) is 8.42 Å². The standard InChI is InChI=1S/C29H32ClN3O4S/c1-4-23-16-27(24-12-8-9-13-26(24)31-23)36-18-21-14-15-25(22-10-6-5-7-11-22)29(30,17-21)38(34,35)33-28-19(2)20(3)37-32-28/h5-7,10-11,14-16H,4,8-9,12-13,17-18H2,1-3H3,(H,32,33). The van der Waals surface area contributed by atoms with Crippen molar-refractivity contribution in [1.82, 2.24) is 10.1 Å². The third-order valence-electron chi connectivity index (χ3n) is 7.33. The number of pyridine rings is 1. The Hall–Kier alpha value is -3.10. The Kier molecular flexibility index (Phi) is 7.38. The summed E-state index contributed by atoms with van der Waals surface area (Å²) in [4.78, 5) is 4.81. The van der Waals surface area contributed by atoms with Crippen molar-refractivity contribution in [3.63, 3.8) is 0 Å². The van der Waals surface area contributed by atoms with Crippen LogP contribution in [0.5, 0.6) is 5.75 Å². The zero-order valence-electron chi connectivity index (χ0n) is 21.9. The Bertz CT molecular complexity index is 1510. The molecule has 0 fully saturated rings. The van der Waals surface area contributed by atoms with E-state index in [9.17, 15) is 8.42 Å². The summed E-state index contributed by atoms with van der Waals surface area (Å²) in [6.45, 7) is 5.79. The first kappa shape index (κ1) is 26.5. The van der Waals surface area contributed by atoms with Gasteiger partial charge >= 0.3 is 0 Å². The van der Waals surface area contributed by atoms with E-state index in [1.807, 2.05) is 42.5 Å². The number of fused-ring (bicyclic) bond motifs is 1. The third-order valence-corrected chi connectivity index (χ3v) is 9.95. The van der Waals surface area contributed by atoms with Crippen LogP contribution in [0.15, 0.2) is 58.6 Å². The number of halogens is 1. The van der Waals surface area contributed by atoms with Gasteiger partial charge in [0.05, 0.1) is 0 Å². The Labute approximate surface area is 229 Å². The van der Waals surface area contributed by atoms with Crippen molar-refractivity contribution in [2.24, 2.45) is 0 Å². The molecule has 200 valence electrons. The Morgan fingerprint density at radius 2 is 1.89 bits per heavy atom. The van der Waals surface area contributed by atoms with Gasteiger partial charge in [0.25, 0.3) is 10.0 Å². The minimum absolute atomic E-state index is 0.0500. The number of aromatic nitrogens is 2. The second-order valence-corrected chi connectivity index (χ2v) is 12.7. The normalized spacial score (nSPS) is 19.4.